The minimum atomic E-state index is 0.719. The highest BCUT2D eigenvalue weighted by Crippen LogP contribution is 2.36. The molecule has 1 saturated carbocycles. The molecule has 0 aromatic carbocycles. The highest BCUT2D eigenvalue weighted by Gasteiger charge is 2.26. The van der Waals surface area contributed by atoms with Crippen molar-refractivity contribution >= 4 is 11.3 Å². The summed E-state index contributed by atoms with van der Waals surface area (Å²) >= 11 is 1.89. The highest BCUT2D eigenvalue weighted by atomic mass is 32.1. The summed E-state index contributed by atoms with van der Waals surface area (Å²) in [6.07, 6.45) is 5.53. The Morgan fingerprint density at radius 1 is 1.40 bits per heavy atom. The van der Waals surface area contributed by atoms with Crippen molar-refractivity contribution in [3.05, 3.63) is 21.9 Å². The molecule has 0 saturated heterocycles. The maximum atomic E-state index is 3.65. The lowest BCUT2D eigenvalue weighted by molar-refractivity contribution is 0.332. The molecule has 0 amide bonds. The molecule has 84 valence electrons. The van der Waals surface area contributed by atoms with Crippen molar-refractivity contribution in [2.45, 2.75) is 51.5 Å². The van der Waals surface area contributed by atoms with Crippen LogP contribution in [0.2, 0.25) is 0 Å². The van der Waals surface area contributed by atoms with E-state index in [0.717, 1.165) is 18.5 Å². The fourth-order valence-electron chi connectivity index (χ4n) is 2.79. The van der Waals surface area contributed by atoms with Crippen LogP contribution in [0.25, 0.3) is 0 Å². The van der Waals surface area contributed by atoms with Crippen molar-refractivity contribution < 1.29 is 0 Å². The Kier molecular flexibility index (Phi) is 3.81. The first-order chi connectivity index (χ1) is 7.33. The molecule has 2 rings (SSSR count). The molecule has 0 spiro atoms. The molecule has 15 heavy (non-hydrogen) atoms. The molecule has 1 heterocycles. The third kappa shape index (κ3) is 2.43. The second-order valence-corrected chi connectivity index (χ2v) is 5.61. The molecule has 0 bridgehead atoms. The van der Waals surface area contributed by atoms with E-state index in [9.17, 15) is 0 Å². The van der Waals surface area contributed by atoms with Gasteiger partial charge in [-0.05, 0) is 43.3 Å². The van der Waals surface area contributed by atoms with Gasteiger partial charge < -0.3 is 5.32 Å². The van der Waals surface area contributed by atoms with Crippen LogP contribution in [0.15, 0.2) is 11.4 Å². The van der Waals surface area contributed by atoms with Crippen molar-refractivity contribution in [1.82, 2.24) is 5.32 Å². The Labute approximate surface area is 96.9 Å². The zero-order valence-corrected chi connectivity index (χ0v) is 10.6. The lowest BCUT2D eigenvalue weighted by atomic mass is 9.80. The Bertz CT molecular complexity index is 303. The lowest BCUT2D eigenvalue weighted by Gasteiger charge is -2.32. The van der Waals surface area contributed by atoms with Crippen LogP contribution in [0, 0.1) is 6.92 Å². The Morgan fingerprint density at radius 3 is 2.87 bits per heavy atom. The molecule has 1 N–H and O–H groups in total. The van der Waals surface area contributed by atoms with Gasteiger partial charge in [0, 0.05) is 16.8 Å². The summed E-state index contributed by atoms with van der Waals surface area (Å²) in [6, 6.07) is 3.05. The second kappa shape index (κ2) is 5.13. The van der Waals surface area contributed by atoms with Crippen LogP contribution in [-0.2, 0) is 0 Å². The first-order valence-electron chi connectivity index (χ1n) is 6.10. The predicted molar refractivity (Wildman–Crippen MR) is 67.7 cm³/mol. The van der Waals surface area contributed by atoms with Gasteiger partial charge in [-0.2, -0.15) is 0 Å². The van der Waals surface area contributed by atoms with E-state index in [0.29, 0.717) is 0 Å². The topological polar surface area (TPSA) is 12.0 Å². The van der Waals surface area contributed by atoms with Gasteiger partial charge in [0.1, 0.15) is 0 Å². The van der Waals surface area contributed by atoms with Gasteiger partial charge in [0.25, 0.3) is 0 Å². The largest absolute Gasteiger partial charge is 0.314 e. The summed E-state index contributed by atoms with van der Waals surface area (Å²) in [5.74, 6) is 0.768. The molecule has 0 aliphatic heterocycles. The van der Waals surface area contributed by atoms with Gasteiger partial charge in [0.2, 0.25) is 0 Å². The van der Waals surface area contributed by atoms with Gasteiger partial charge in [-0.25, -0.2) is 0 Å². The number of hydrogen-bond acceptors (Lipinski definition) is 2. The Balaban J connectivity index is 2.14. The van der Waals surface area contributed by atoms with Crippen LogP contribution >= 0.6 is 11.3 Å². The fraction of sp³-hybridized carbons (Fsp3) is 0.692. The summed E-state index contributed by atoms with van der Waals surface area (Å²) in [5, 5.41) is 5.89. The van der Waals surface area contributed by atoms with E-state index in [1.54, 1.807) is 5.56 Å². The monoisotopic (exact) mass is 223 g/mol. The van der Waals surface area contributed by atoms with Crippen molar-refractivity contribution in [2.75, 3.05) is 6.54 Å². The average Bonchev–Trinajstić information content (AvgIpc) is 2.66. The standard InChI is InChI=1S/C13H21NS/c1-3-14-13-7-5-4-6-12(13)11-8-9-15-10(11)2/h8-9,12-14H,3-7H2,1-2H3. The van der Waals surface area contributed by atoms with E-state index in [-0.39, 0.29) is 0 Å². The van der Waals surface area contributed by atoms with Crippen LogP contribution < -0.4 is 5.32 Å². The minimum Gasteiger partial charge on any atom is -0.314 e. The van der Waals surface area contributed by atoms with Crippen molar-refractivity contribution in [3.8, 4) is 0 Å². The minimum absolute atomic E-state index is 0.719. The second-order valence-electron chi connectivity index (χ2n) is 4.49. The zero-order chi connectivity index (χ0) is 10.7. The molecule has 1 nitrogen and oxygen atoms in total. The smallest absolute Gasteiger partial charge is 0.0136 e. The average molecular weight is 223 g/mol. The summed E-state index contributed by atoms with van der Waals surface area (Å²) in [6.45, 7) is 5.58. The highest BCUT2D eigenvalue weighted by molar-refractivity contribution is 7.10. The number of rotatable bonds is 3. The van der Waals surface area contributed by atoms with E-state index in [1.165, 1.54) is 30.6 Å². The quantitative estimate of drug-likeness (QED) is 0.824. The normalized spacial score (nSPS) is 26.8. The molecule has 2 unspecified atom stereocenters. The molecular formula is C13H21NS. The van der Waals surface area contributed by atoms with Gasteiger partial charge >= 0.3 is 0 Å². The number of hydrogen-bond donors (Lipinski definition) is 1. The van der Waals surface area contributed by atoms with Crippen LogP contribution in [0.5, 0.6) is 0 Å². The SMILES string of the molecule is CCNC1CCCCC1c1ccsc1C. The molecule has 1 fully saturated rings. The van der Waals surface area contributed by atoms with Gasteiger partial charge in [-0.1, -0.05) is 19.8 Å². The number of thiophene rings is 1. The Morgan fingerprint density at radius 2 is 2.20 bits per heavy atom. The van der Waals surface area contributed by atoms with Crippen molar-refractivity contribution in [2.24, 2.45) is 0 Å². The molecule has 1 aliphatic rings. The third-order valence-corrected chi connectivity index (χ3v) is 4.39. The molecule has 1 aliphatic carbocycles. The van der Waals surface area contributed by atoms with E-state index in [2.05, 4.69) is 30.6 Å². The molecular weight excluding hydrogens is 202 g/mol. The first-order valence-corrected chi connectivity index (χ1v) is 6.98. The first kappa shape index (κ1) is 11.2. The molecule has 0 radical (unpaired) electrons. The summed E-state index contributed by atoms with van der Waals surface area (Å²) in [4.78, 5) is 1.52. The maximum Gasteiger partial charge on any atom is 0.0136 e. The predicted octanol–water partition coefficient (Wildman–Crippen LogP) is 3.69. The van der Waals surface area contributed by atoms with Crippen molar-refractivity contribution in [3.63, 3.8) is 0 Å². The molecule has 1 aromatic rings. The lowest BCUT2D eigenvalue weighted by Crippen LogP contribution is -2.37. The summed E-state index contributed by atoms with van der Waals surface area (Å²) < 4.78 is 0. The van der Waals surface area contributed by atoms with E-state index >= 15 is 0 Å². The number of nitrogens with one attached hydrogen (secondary N) is 1. The third-order valence-electron chi connectivity index (χ3n) is 3.53. The maximum absolute atomic E-state index is 3.65. The van der Waals surface area contributed by atoms with E-state index < -0.39 is 0 Å². The van der Waals surface area contributed by atoms with Gasteiger partial charge in [0.05, 0.1) is 0 Å². The van der Waals surface area contributed by atoms with Gasteiger partial charge in [-0.15, -0.1) is 11.3 Å². The number of aryl methyl sites for hydroxylation is 1. The van der Waals surface area contributed by atoms with Crippen LogP contribution in [0.4, 0.5) is 0 Å². The summed E-state index contributed by atoms with van der Waals surface area (Å²) in [7, 11) is 0. The van der Waals surface area contributed by atoms with Gasteiger partial charge in [0.15, 0.2) is 0 Å². The molecule has 2 atom stereocenters. The van der Waals surface area contributed by atoms with Crippen LogP contribution in [0.1, 0.15) is 49.0 Å². The fourth-order valence-corrected chi connectivity index (χ4v) is 3.56. The van der Waals surface area contributed by atoms with E-state index in [1.807, 2.05) is 11.3 Å². The number of likely N-dealkylation sites (N-methyl/N-ethyl adjacent to an activating group) is 1. The molecule has 1 aromatic heterocycles. The zero-order valence-electron chi connectivity index (χ0n) is 9.75. The van der Waals surface area contributed by atoms with Crippen molar-refractivity contribution in [1.29, 1.82) is 0 Å². The van der Waals surface area contributed by atoms with E-state index in [4.69, 9.17) is 0 Å². The Hall–Kier alpha value is -0.340. The van der Waals surface area contributed by atoms with Crippen LogP contribution in [-0.4, -0.2) is 12.6 Å². The van der Waals surface area contributed by atoms with Gasteiger partial charge in [-0.3, -0.25) is 0 Å². The molecule has 2 heteroatoms. The summed E-state index contributed by atoms with van der Waals surface area (Å²) in [5.41, 5.74) is 1.60. The van der Waals surface area contributed by atoms with Crippen LogP contribution in [0.3, 0.4) is 0 Å².